The van der Waals surface area contributed by atoms with Crippen LogP contribution in [0.1, 0.15) is 44.1 Å². The fraction of sp³-hybridized carbons (Fsp3) is 0.667. The van der Waals surface area contributed by atoms with E-state index in [9.17, 15) is 13.6 Å². The number of nitrogens with two attached hydrogens (primary N) is 1. The monoisotopic (exact) mass is 395 g/mol. The summed E-state index contributed by atoms with van der Waals surface area (Å²) in [6.45, 7) is -2.13. The number of amides is 1. The zero-order valence-corrected chi connectivity index (χ0v) is 16.3. The maximum atomic E-state index is 12.4. The van der Waals surface area contributed by atoms with Crippen LogP contribution in [0.5, 0.6) is 11.5 Å². The minimum absolute atomic E-state index is 0.00243. The van der Waals surface area contributed by atoms with Gasteiger partial charge in [0.15, 0.2) is 18.0 Å². The molecular formula is C21H29F2N2O3+. The van der Waals surface area contributed by atoms with Crippen molar-refractivity contribution in [3.8, 4) is 11.5 Å². The Balaban J connectivity index is 1.28. The molecule has 28 heavy (non-hydrogen) atoms. The van der Waals surface area contributed by atoms with Crippen LogP contribution in [0.2, 0.25) is 0 Å². The maximum absolute atomic E-state index is 12.4. The molecule has 154 valence electrons. The molecule has 3 N–H and O–H groups in total. The maximum Gasteiger partial charge on any atom is 0.387 e. The zero-order valence-electron chi connectivity index (χ0n) is 16.3. The van der Waals surface area contributed by atoms with Gasteiger partial charge in [0.05, 0.1) is 12.6 Å². The van der Waals surface area contributed by atoms with E-state index in [0.717, 1.165) is 23.3 Å². The van der Waals surface area contributed by atoms with Crippen LogP contribution in [0.25, 0.3) is 0 Å². The second-order valence-corrected chi connectivity index (χ2v) is 8.83. The van der Waals surface area contributed by atoms with E-state index in [2.05, 4.69) is 15.4 Å². The van der Waals surface area contributed by atoms with E-state index < -0.39 is 6.61 Å². The normalized spacial score (nSPS) is 30.5. The number of halogens is 2. The first-order valence-electron chi connectivity index (χ1n) is 10.2. The number of carbonyl (C=O) groups is 1. The Labute approximate surface area is 164 Å². The van der Waals surface area contributed by atoms with Crippen molar-refractivity contribution in [2.75, 3.05) is 13.7 Å². The van der Waals surface area contributed by atoms with Crippen LogP contribution in [-0.2, 0) is 11.3 Å². The Morgan fingerprint density at radius 3 is 2.39 bits per heavy atom. The second kappa shape index (κ2) is 7.85. The summed E-state index contributed by atoms with van der Waals surface area (Å²) in [7, 11) is 1.40. The lowest BCUT2D eigenvalue weighted by Gasteiger charge is -2.54. The Kier molecular flexibility index (Phi) is 5.45. The zero-order chi connectivity index (χ0) is 19.7. The summed E-state index contributed by atoms with van der Waals surface area (Å²) in [5.41, 5.74) is 1.06. The largest absolute Gasteiger partial charge is 0.493 e. The van der Waals surface area contributed by atoms with E-state index in [0.29, 0.717) is 13.1 Å². The first-order valence-corrected chi connectivity index (χ1v) is 10.2. The highest BCUT2D eigenvalue weighted by molar-refractivity contribution is 5.76. The molecule has 0 atom stereocenters. The summed E-state index contributed by atoms with van der Waals surface area (Å²) in [6.07, 6.45) is 7.96. The van der Waals surface area contributed by atoms with Gasteiger partial charge in [0.1, 0.15) is 0 Å². The number of carbonyl (C=O) groups excluding carboxylic acids is 1. The number of hydrogen-bond acceptors (Lipinski definition) is 3. The van der Waals surface area contributed by atoms with Crippen LogP contribution in [0.4, 0.5) is 8.78 Å². The Bertz CT molecular complexity index is 690. The van der Waals surface area contributed by atoms with Gasteiger partial charge in [-0.05, 0) is 54.7 Å². The van der Waals surface area contributed by atoms with E-state index in [-0.39, 0.29) is 22.9 Å². The van der Waals surface area contributed by atoms with Gasteiger partial charge in [-0.1, -0.05) is 6.07 Å². The molecule has 1 amide bonds. The highest BCUT2D eigenvalue weighted by Crippen LogP contribution is 2.54. The summed E-state index contributed by atoms with van der Waals surface area (Å²) >= 11 is 0. The number of alkyl halides is 2. The lowest BCUT2D eigenvalue weighted by molar-refractivity contribution is -0.730. The van der Waals surface area contributed by atoms with Crippen molar-refractivity contribution >= 4 is 5.91 Å². The van der Waals surface area contributed by atoms with Gasteiger partial charge in [-0.25, -0.2) is 0 Å². The van der Waals surface area contributed by atoms with Gasteiger partial charge in [-0.15, -0.1) is 0 Å². The number of nitrogens with one attached hydrogen (secondary N) is 1. The van der Waals surface area contributed by atoms with Gasteiger partial charge in [-0.3, -0.25) is 4.79 Å². The lowest BCUT2D eigenvalue weighted by Crippen LogP contribution is -3.00. The van der Waals surface area contributed by atoms with Gasteiger partial charge in [0.25, 0.3) is 5.91 Å². The minimum Gasteiger partial charge on any atom is -0.493 e. The fourth-order valence-electron chi connectivity index (χ4n) is 6.02. The summed E-state index contributed by atoms with van der Waals surface area (Å²) in [4.78, 5) is 12.4. The molecule has 0 saturated heterocycles. The van der Waals surface area contributed by atoms with Gasteiger partial charge in [-0.2, -0.15) is 8.78 Å². The van der Waals surface area contributed by atoms with Crippen LogP contribution < -0.4 is 20.1 Å². The first-order chi connectivity index (χ1) is 13.4. The molecular weight excluding hydrogens is 366 g/mol. The molecule has 0 aromatic heterocycles. The lowest BCUT2D eigenvalue weighted by atomic mass is 9.53. The van der Waals surface area contributed by atoms with E-state index in [1.807, 2.05) is 0 Å². The van der Waals surface area contributed by atoms with Crippen molar-refractivity contribution in [1.29, 1.82) is 0 Å². The van der Waals surface area contributed by atoms with Crippen molar-refractivity contribution in [2.24, 2.45) is 17.8 Å². The molecule has 0 heterocycles. The molecule has 1 aromatic rings. The van der Waals surface area contributed by atoms with Crippen molar-refractivity contribution in [1.82, 2.24) is 5.32 Å². The molecule has 4 fully saturated rings. The van der Waals surface area contributed by atoms with E-state index >= 15 is 0 Å². The van der Waals surface area contributed by atoms with Crippen molar-refractivity contribution < 1.29 is 28.4 Å². The molecule has 0 radical (unpaired) electrons. The predicted octanol–water partition coefficient (Wildman–Crippen LogP) is 2.45. The fourth-order valence-corrected chi connectivity index (χ4v) is 6.02. The third-order valence-electron chi connectivity index (χ3n) is 6.74. The summed E-state index contributed by atoms with van der Waals surface area (Å²) in [5.74, 6) is 2.82. The first kappa shape index (κ1) is 19.4. The minimum atomic E-state index is -2.90. The van der Waals surface area contributed by atoms with Gasteiger partial charge < -0.3 is 20.1 Å². The molecule has 0 unspecified atom stereocenters. The number of benzene rings is 1. The van der Waals surface area contributed by atoms with E-state index in [1.54, 1.807) is 12.1 Å². The average Bonchev–Trinajstić information content (AvgIpc) is 2.64. The molecule has 7 heteroatoms. The van der Waals surface area contributed by atoms with Gasteiger partial charge >= 0.3 is 6.61 Å². The summed E-state index contributed by atoms with van der Waals surface area (Å²) < 4.78 is 34.3. The Morgan fingerprint density at radius 1 is 1.18 bits per heavy atom. The van der Waals surface area contributed by atoms with Crippen molar-refractivity contribution in [2.45, 2.75) is 57.2 Å². The molecule has 4 aliphatic carbocycles. The van der Waals surface area contributed by atoms with Gasteiger partial charge in [0, 0.05) is 25.8 Å². The molecule has 5 nitrogen and oxygen atoms in total. The van der Waals surface area contributed by atoms with Crippen molar-refractivity contribution in [3.05, 3.63) is 23.8 Å². The van der Waals surface area contributed by atoms with Crippen LogP contribution in [0, 0.1) is 17.8 Å². The third kappa shape index (κ3) is 4.24. The predicted molar refractivity (Wildman–Crippen MR) is 99.2 cm³/mol. The molecule has 5 rings (SSSR count). The molecule has 4 aliphatic rings. The second-order valence-electron chi connectivity index (χ2n) is 8.83. The molecule has 4 saturated carbocycles. The van der Waals surface area contributed by atoms with Crippen LogP contribution in [-0.4, -0.2) is 31.7 Å². The SMILES string of the molecule is COc1cc(CNC(=O)C[NH2+]C23CC4CC(CC(C4)C2)C3)ccc1OC(F)F. The van der Waals surface area contributed by atoms with Crippen LogP contribution >= 0.6 is 0 Å². The molecule has 0 spiro atoms. The highest BCUT2D eigenvalue weighted by Gasteiger charge is 2.53. The van der Waals surface area contributed by atoms with Crippen molar-refractivity contribution in [3.63, 3.8) is 0 Å². The molecule has 0 aliphatic heterocycles. The smallest absolute Gasteiger partial charge is 0.387 e. The summed E-state index contributed by atoms with van der Waals surface area (Å²) in [5, 5.41) is 5.21. The number of quaternary nitrogens is 1. The third-order valence-corrected chi connectivity index (χ3v) is 6.74. The number of rotatable bonds is 8. The number of hydrogen-bond donors (Lipinski definition) is 2. The highest BCUT2D eigenvalue weighted by atomic mass is 19.3. The Morgan fingerprint density at radius 2 is 1.82 bits per heavy atom. The molecule has 4 bridgehead atoms. The quantitative estimate of drug-likeness (QED) is 0.711. The number of methoxy groups -OCH3 is 1. The summed E-state index contributed by atoms with van der Waals surface area (Å²) in [6, 6.07) is 4.71. The standard InChI is InChI=1S/C21H28F2N2O3/c1-27-18-7-13(2-3-17(18)28-20(22)23)11-24-19(26)12-25-21-8-14-4-15(9-21)6-16(5-14)10-21/h2-3,7,14-16,20,25H,4-6,8-12H2,1H3,(H,24,26)/p+1. The van der Waals surface area contributed by atoms with Crippen LogP contribution in [0.3, 0.4) is 0 Å². The van der Waals surface area contributed by atoms with E-state index in [4.69, 9.17) is 4.74 Å². The Hall–Kier alpha value is -1.89. The molecule has 1 aromatic carbocycles. The van der Waals surface area contributed by atoms with Gasteiger partial charge in [0.2, 0.25) is 0 Å². The number of ether oxygens (including phenoxy) is 2. The topological polar surface area (TPSA) is 64.2 Å². The van der Waals surface area contributed by atoms with E-state index in [1.165, 1.54) is 51.7 Å². The average molecular weight is 395 g/mol. The van der Waals surface area contributed by atoms with Crippen LogP contribution in [0.15, 0.2) is 18.2 Å².